The minimum atomic E-state index is -4.80. The lowest BCUT2D eigenvalue weighted by atomic mass is 10.1. The molecule has 0 atom stereocenters. The summed E-state index contributed by atoms with van der Waals surface area (Å²) in [5.41, 5.74) is -3.51. The standard InChI is InChI=1S/C13H6Cl2F3N3O3/c1-5-12(13(16,17)18)20-8(4-19-5)11(22)6-2-3-7(14)10(9(6)15)21(23)24/h2-4H,1H3. The first-order chi connectivity index (χ1) is 11.0. The van der Waals surface area contributed by atoms with Crippen LogP contribution in [0.3, 0.4) is 0 Å². The molecule has 0 amide bonds. The van der Waals surface area contributed by atoms with Gasteiger partial charge in [-0.3, -0.25) is 19.9 Å². The Morgan fingerprint density at radius 3 is 2.46 bits per heavy atom. The van der Waals surface area contributed by atoms with Gasteiger partial charge in [0, 0.05) is 5.56 Å². The number of ketones is 1. The summed E-state index contributed by atoms with van der Waals surface area (Å²) < 4.78 is 38.6. The average Bonchev–Trinajstić information content (AvgIpc) is 2.45. The van der Waals surface area contributed by atoms with E-state index in [4.69, 9.17) is 23.2 Å². The average molecular weight is 380 g/mol. The van der Waals surface area contributed by atoms with Crippen molar-refractivity contribution in [3.63, 3.8) is 0 Å². The van der Waals surface area contributed by atoms with Crippen LogP contribution < -0.4 is 0 Å². The molecule has 2 aromatic rings. The molecule has 1 aromatic heterocycles. The molecule has 24 heavy (non-hydrogen) atoms. The van der Waals surface area contributed by atoms with Gasteiger partial charge in [0.05, 0.1) is 16.8 Å². The highest BCUT2D eigenvalue weighted by Gasteiger charge is 2.36. The van der Waals surface area contributed by atoms with Crippen LogP contribution in [0.1, 0.15) is 27.4 Å². The second-order valence-electron chi connectivity index (χ2n) is 4.53. The molecule has 0 fully saturated rings. The highest BCUT2D eigenvalue weighted by atomic mass is 35.5. The third-order valence-electron chi connectivity index (χ3n) is 2.95. The number of aromatic nitrogens is 2. The van der Waals surface area contributed by atoms with Gasteiger partial charge >= 0.3 is 11.9 Å². The molecule has 0 radical (unpaired) electrons. The van der Waals surface area contributed by atoms with Crippen molar-refractivity contribution < 1.29 is 22.9 Å². The van der Waals surface area contributed by atoms with Crippen LogP contribution in [0.15, 0.2) is 18.3 Å². The molecule has 0 N–H and O–H groups in total. The normalized spacial score (nSPS) is 11.4. The third kappa shape index (κ3) is 3.31. The summed E-state index contributed by atoms with van der Waals surface area (Å²) in [6.07, 6.45) is -3.97. The summed E-state index contributed by atoms with van der Waals surface area (Å²) >= 11 is 11.4. The van der Waals surface area contributed by atoms with Crippen molar-refractivity contribution >= 4 is 34.7 Å². The Morgan fingerprint density at radius 1 is 1.29 bits per heavy atom. The molecule has 0 aliphatic carbocycles. The Hall–Kier alpha value is -2.26. The number of nitro benzene ring substituents is 1. The first kappa shape index (κ1) is 18.1. The summed E-state index contributed by atoms with van der Waals surface area (Å²) in [5, 5.41) is 10.0. The molecule has 1 heterocycles. The van der Waals surface area contributed by atoms with Gasteiger partial charge in [-0.15, -0.1) is 0 Å². The summed E-state index contributed by atoms with van der Waals surface area (Å²) in [6, 6.07) is 2.11. The second-order valence-corrected chi connectivity index (χ2v) is 5.32. The summed E-state index contributed by atoms with van der Waals surface area (Å²) in [7, 11) is 0. The number of alkyl halides is 3. The van der Waals surface area contributed by atoms with Crippen LogP contribution >= 0.6 is 23.2 Å². The SMILES string of the molecule is Cc1ncc(C(=O)c2ccc(Cl)c([N+](=O)[O-])c2Cl)nc1C(F)(F)F. The van der Waals surface area contributed by atoms with Crippen LogP contribution in [0.25, 0.3) is 0 Å². The molecule has 0 aliphatic rings. The molecule has 11 heteroatoms. The lowest BCUT2D eigenvalue weighted by Gasteiger charge is -2.10. The smallest absolute Gasteiger partial charge is 0.287 e. The molecule has 0 spiro atoms. The fourth-order valence-electron chi connectivity index (χ4n) is 1.85. The van der Waals surface area contributed by atoms with Crippen molar-refractivity contribution in [1.29, 1.82) is 0 Å². The lowest BCUT2D eigenvalue weighted by molar-refractivity contribution is -0.384. The number of nitrogens with zero attached hydrogens (tertiary/aromatic N) is 3. The topological polar surface area (TPSA) is 86.0 Å². The third-order valence-corrected chi connectivity index (χ3v) is 3.64. The van der Waals surface area contributed by atoms with Crippen LogP contribution in [0, 0.1) is 17.0 Å². The molecule has 126 valence electrons. The van der Waals surface area contributed by atoms with Crippen molar-refractivity contribution in [3.8, 4) is 0 Å². The lowest BCUT2D eigenvalue weighted by Crippen LogP contribution is -2.16. The van der Waals surface area contributed by atoms with Gasteiger partial charge in [0.2, 0.25) is 5.78 Å². The predicted octanol–water partition coefficient (Wildman–Crippen LogP) is 4.25. The zero-order valence-corrected chi connectivity index (χ0v) is 13.2. The molecule has 0 aliphatic heterocycles. The Kier molecular flexibility index (Phi) is 4.77. The number of carbonyl (C=O) groups excluding carboxylic acids is 1. The highest BCUT2D eigenvalue weighted by molar-refractivity contribution is 6.40. The number of benzene rings is 1. The van der Waals surface area contributed by atoms with Crippen LogP contribution in [0.5, 0.6) is 0 Å². The van der Waals surface area contributed by atoms with Gasteiger partial charge in [-0.2, -0.15) is 13.2 Å². The van der Waals surface area contributed by atoms with E-state index >= 15 is 0 Å². The molecule has 2 rings (SSSR count). The Bertz CT molecular complexity index is 856. The predicted molar refractivity (Wildman–Crippen MR) is 78.3 cm³/mol. The minimum absolute atomic E-state index is 0.312. The van der Waals surface area contributed by atoms with Crippen LogP contribution in [0.2, 0.25) is 10.0 Å². The fourth-order valence-corrected chi connectivity index (χ4v) is 2.44. The van der Waals surface area contributed by atoms with Gasteiger partial charge in [0.1, 0.15) is 15.7 Å². The number of aryl methyl sites for hydroxylation is 1. The largest absolute Gasteiger partial charge is 0.435 e. The Balaban J connectivity index is 2.59. The first-order valence-corrected chi connectivity index (χ1v) is 6.87. The van der Waals surface area contributed by atoms with E-state index in [0.29, 0.717) is 0 Å². The van der Waals surface area contributed by atoms with Gasteiger partial charge in [0.15, 0.2) is 5.69 Å². The molecule has 0 unspecified atom stereocenters. The van der Waals surface area contributed by atoms with E-state index in [1.807, 2.05) is 0 Å². The number of hydrogen-bond donors (Lipinski definition) is 0. The number of halogens is 5. The van der Waals surface area contributed by atoms with Crippen molar-refractivity contribution in [2.45, 2.75) is 13.1 Å². The quantitative estimate of drug-likeness (QED) is 0.452. The van der Waals surface area contributed by atoms with E-state index in [0.717, 1.165) is 25.3 Å². The number of rotatable bonds is 3. The van der Waals surface area contributed by atoms with Crippen molar-refractivity contribution in [1.82, 2.24) is 9.97 Å². The van der Waals surface area contributed by atoms with Gasteiger partial charge in [-0.05, 0) is 19.1 Å². The van der Waals surface area contributed by atoms with Crippen LogP contribution in [0.4, 0.5) is 18.9 Å². The molecule has 1 aromatic carbocycles. The summed E-state index contributed by atoms with van der Waals surface area (Å²) in [5.74, 6) is -1.04. The van der Waals surface area contributed by atoms with E-state index in [-0.39, 0.29) is 5.02 Å². The molecule has 0 bridgehead atoms. The Morgan fingerprint density at radius 2 is 1.92 bits per heavy atom. The van der Waals surface area contributed by atoms with Crippen molar-refractivity contribution in [3.05, 3.63) is 61.1 Å². The molecular formula is C13H6Cl2F3N3O3. The fraction of sp³-hybridized carbons (Fsp3) is 0.154. The second kappa shape index (κ2) is 6.33. The Labute approximate surface area is 142 Å². The van der Waals surface area contributed by atoms with Crippen LogP contribution in [-0.2, 0) is 6.18 Å². The van der Waals surface area contributed by atoms with E-state index in [2.05, 4.69) is 9.97 Å². The van der Waals surface area contributed by atoms with Gasteiger partial charge < -0.3 is 0 Å². The number of hydrogen-bond acceptors (Lipinski definition) is 5. The maximum atomic E-state index is 12.9. The van der Waals surface area contributed by atoms with Gasteiger partial charge in [-0.1, -0.05) is 23.2 Å². The van der Waals surface area contributed by atoms with Crippen molar-refractivity contribution in [2.24, 2.45) is 0 Å². The molecule has 0 saturated carbocycles. The highest BCUT2D eigenvalue weighted by Crippen LogP contribution is 2.36. The summed E-state index contributed by atoms with van der Waals surface area (Å²) in [6.45, 7) is 1.09. The zero-order valence-electron chi connectivity index (χ0n) is 11.7. The molecule has 0 saturated heterocycles. The van der Waals surface area contributed by atoms with Crippen molar-refractivity contribution in [2.75, 3.05) is 0 Å². The number of carbonyl (C=O) groups is 1. The zero-order chi connectivity index (χ0) is 18.2. The minimum Gasteiger partial charge on any atom is -0.287 e. The van der Waals surface area contributed by atoms with E-state index in [1.54, 1.807) is 0 Å². The maximum Gasteiger partial charge on any atom is 0.435 e. The van der Waals surface area contributed by atoms with E-state index in [1.165, 1.54) is 0 Å². The van der Waals surface area contributed by atoms with E-state index < -0.39 is 50.2 Å². The maximum absolute atomic E-state index is 12.9. The monoisotopic (exact) mass is 379 g/mol. The van der Waals surface area contributed by atoms with E-state index in [9.17, 15) is 28.1 Å². The molecule has 6 nitrogen and oxygen atoms in total. The van der Waals surface area contributed by atoms with Gasteiger partial charge in [0.25, 0.3) is 0 Å². The first-order valence-electron chi connectivity index (χ1n) is 6.12. The number of nitro groups is 1. The summed E-state index contributed by atoms with van der Waals surface area (Å²) in [4.78, 5) is 29.1. The molecular weight excluding hydrogens is 374 g/mol. The van der Waals surface area contributed by atoms with Gasteiger partial charge in [-0.25, -0.2) is 4.98 Å². The van der Waals surface area contributed by atoms with Crippen LogP contribution in [-0.4, -0.2) is 20.7 Å².